The Morgan fingerprint density at radius 2 is 0.983 bits per heavy atom. The first kappa shape index (κ1) is 32.1. The molecule has 8 aromatic carbocycles. The number of aromatic nitrogens is 3. The fourth-order valence-corrected chi connectivity index (χ4v) is 11.3. The molecule has 4 heteroatoms. The Morgan fingerprint density at radius 1 is 0.397 bits per heavy atom. The highest BCUT2D eigenvalue weighted by molar-refractivity contribution is 6.89. The lowest BCUT2D eigenvalue weighted by molar-refractivity contribution is 1.16. The van der Waals surface area contributed by atoms with E-state index >= 15 is 0 Å². The minimum absolute atomic E-state index is 0.0235. The monoisotopic (exact) mass is 739 g/mol. The summed E-state index contributed by atoms with van der Waals surface area (Å²) in [6.45, 7) is 9.13. The van der Waals surface area contributed by atoms with E-state index < -0.39 is 0 Å². The van der Waals surface area contributed by atoms with E-state index in [-0.39, 0.29) is 6.85 Å². The highest BCUT2D eigenvalue weighted by Crippen LogP contribution is 2.50. The molecule has 0 saturated carbocycles. The van der Waals surface area contributed by atoms with Gasteiger partial charge in [-0.25, -0.2) is 0 Å². The van der Waals surface area contributed by atoms with Gasteiger partial charge in [-0.05, 0) is 108 Å². The highest BCUT2D eigenvalue weighted by Gasteiger charge is 2.43. The van der Waals surface area contributed by atoms with Crippen LogP contribution < -0.4 is 10.9 Å². The molecule has 11 aromatic rings. The molecular weight excluding hydrogens is 701 g/mol. The third-order valence-electron chi connectivity index (χ3n) is 13.5. The molecule has 0 fully saturated rings. The Hall–Kier alpha value is -7.04. The molecule has 0 N–H and O–H groups in total. The van der Waals surface area contributed by atoms with E-state index in [2.05, 4.69) is 199 Å². The quantitative estimate of drug-likeness (QED) is 0.160. The van der Waals surface area contributed by atoms with Crippen LogP contribution in [0.25, 0.3) is 99.4 Å². The summed E-state index contributed by atoms with van der Waals surface area (Å²) in [6.07, 6.45) is 0. The predicted octanol–water partition coefficient (Wildman–Crippen LogP) is 12.4. The van der Waals surface area contributed by atoms with Crippen molar-refractivity contribution in [3.05, 3.63) is 180 Å². The number of fused-ring (bicyclic) bond motifs is 10. The van der Waals surface area contributed by atoms with Crippen molar-refractivity contribution >= 4 is 72.3 Å². The van der Waals surface area contributed by atoms with Gasteiger partial charge in [0, 0.05) is 66.2 Å². The summed E-state index contributed by atoms with van der Waals surface area (Å²) in [4.78, 5) is 0. The third-order valence-corrected chi connectivity index (χ3v) is 13.5. The van der Waals surface area contributed by atoms with Crippen molar-refractivity contribution < 1.29 is 0 Å². The van der Waals surface area contributed by atoms with Crippen LogP contribution in [0.3, 0.4) is 0 Å². The van der Waals surface area contributed by atoms with E-state index in [1.165, 1.54) is 133 Å². The van der Waals surface area contributed by atoms with Gasteiger partial charge in [-0.1, -0.05) is 121 Å². The predicted molar refractivity (Wildman–Crippen MR) is 246 cm³/mol. The van der Waals surface area contributed by atoms with Crippen LogP contribution in [0.4, 0.5) is 0 Å². The average molecular weight is 740 g/mol. The standard InChI is InChI=1S/C54H38BN3/c1-31-15-10-16-32(2)48(31)50-40-25-12-23-38-37-22-14-28-45-51(37)55(58(52(38)40)54(50)49-33(3)17-11-18-34(49)4)43-26-13-24-39-42-30-46-41(29-47(42)57(45)53(39)43)36-21-8-9-27-44(36)56(46)35-19-6-5-7-20-35/h5-30H,1-4H3. The normalized spacial score (nSPS) is 12.8. The lowest BCUT2D eigenvalue weighted by Crippen LogP contribution is -2.55. The van der Waals surface area contributed by atoms with Crippen molar-refractivity contribution in [3.8, 4) is 44.9 Å². The second-order valence-corrected chi connectivity index (χ2v) is 16.6. The lowest BCUT2D eigenvalue weighted by Gasteiger charge is -2.34. The third kappa shape index (κ3) is 3.90. The van der Waals surface area contributed by atoms with Crippen LogP contribution in [0.5, 0.6) is 0 Å². The first-order valence-electron chi connectivity index (χ1n) is 20.5. The van der Waals surface area contributed by atoms with E-state index in [1.807, 2.05) is 0 Å². The van der Waals surface area contributed by atoms with Crippen molar-refractivity contribution in [2.75, 3.05) is 0 Å². The maximum Gasteiger partial charge on any atom is 0.333 e. The maximum absolute atomic E-state index is 2.76. The van der Waals surface area contributed by atoms with Crippen LogP contribution >= 0.6 is 0 Å². The summed E-state index contributed by atoms with van der Waals surface area (Å²) in [6, 6.07) is 59.3. The van der Waals surface area contributed by atoms with Crippen molar-refractivity contribution in [3.63, 3.8) is 0 Å². The Bertz CT molecular complexity index is 3570. The van der Waals surface area contributed by atoms with Crippen LogP contribution in [-0.4, -0.2) is 20.5 Å². The van der Waals surface area contributed by atoms with Crippen molar-refractivity contribution in [1.82, 2.24) is 13.6 Å². The van der Waals surface area contributed by atoms with E-state index in [0.717, 1.165) is 0 Å². The molecule has 0 aliphatic carbocycles. The fraction of sp³-hybridized carbons (Fsp3) is 0.0741. The van der Waals surface area contributed by atoms with Crippen LogP contribution in [-0.2, 0) is 0 Å². The largest absolute Gasteiger partial charge is 0.375 e. The molecule has 0 radical (unpaired) electrons. The molecule has 0 atom stereocenters. The van der Waals surface area contributed by atoms with E-state index in [9.17, 15) is 0 Å². The molecule has 272 valence electrons. The minimum atomic E-state index is -0.0235. The number of benzene rings is 8. The van der Waals surface area contributed by atoms with Crippen LogP contribution in [0.2, 0.25) is 0 Å². The number of nitrogens with zero attached hydrogens (tertiary/aromatic N) is 3. The zero-order valence-corrected chi connectivity index (χ0v) is 32.9. The number of hydrogen-bond acceptors (Lipinski definition) is 0. The van der Waals surface area contributed by atoms with Gasteiger partial charge in [0.25, 0.3) is 0 Å². The summed E-state index contributed by atoms with van der Waals surface area (Å²) >= 11 is 0. The molecule has 0 unspecified atom stereocenters. The lowest BCUT2D eigenvalue weighted by atomic mass is 9.45. The van der Waals surface area contributed by atoms with Gasteiger partial charge < -0.3 is 13.6 Å². The van der Waals surface area contributed by atoms with Crippen LogP contribution in [0.1, 0.15) is 22.3 Å². The van der Waals surface area contributed by atoms with E-state index in [4.69, 9.17) is 0 Å². The highest BCUT2D eigenvalue weighted by atomic mass is 15.0. The smallest absolute Gasteiger partial charge is 0.333 e. The number of rotatable bonds is 3. The zero-order valence-electron chi connectivity index (χ0n) is 32.9. The first-order chi connectivity index (χ1) is 28.5. The number of hydrogen-bond donors (Lipinski definition) is 0. The van der Waals surface area contributed by atoms with Gasteiger partial charge >= 0.3 is 6.85 Å². The summed E-state index contributed by atoms with van der Waals surface area (Å²) in [5, 5.41) is 6.43. The molecule has 5 heterocycles. The SMILES string of the molecule is Cc1cccc(C)c1-c1c(-c2c(C)cccc2C)n2c3c(cccc13)-c1cccc3c1B2c1cccc2c4cc5c(cc4n-3c12)c1ccccc1n5-c1ccccc1. The van der Waals surface area contributed by atoms with Crippen molar-refractivity contribution in [2.45, 2.75) is 27.7 Å². The number of para-hydroxylation sites is 4. The maximum atomic E-state index is 2.76. The Kier molecular flexibility index (Phi) is 6.25. The van der Waals surface area contributed by atoms with Gasteiger partial charge in [0.2, 0.25) is 0 Å². The second-order valence-electron chi connectivity index (χ2n) is 16.6. The average Bonchev–Trinajstić information content (AvgIpc) is 3.87. The van der Waals surface area contributed by atoms with Crippen molar-refractivity contribution in [2.24, 2.45) is 0 Å². The summed E-state index contributed by atoms with van der Waals surface area (Å²) in [5.41, 5.74) is 24.7. The molecule has 58 heavy (non-hydrogen) atoms. The fourth-order valence-electron chi connectivity index (χ4n) is 11.3. The molecular formula is C54H38BN3. The summed E-state index contributed by atoms with van der Waals surface area (Å²) < 4.78 is 7.80. The molecule has 2 aliphatic rings. The Balaban J connectivity index is 1.21. The molecule has 0 bridgehead atoms. The number of aryl methyl sites for hydroxylation is 4. The van der Waals surface area contributed by atoms with E-state index in [1.54, 1.807) is 0 Å². The zero-order chi connectivity index (χ0) is 38.6. The van der Waals surface area contributed by atoms with Crippen molar-refractivity contribution in [1.29, 1.82) is 0 Å². The van der Waals surface area contributed by atoms with Crippen LogP contribution in [0, 0.1) is 27.7 Å². The van der Waals surface area contributed by atoms with E-state index in [0.29, 0.717) is 0 Å². The molecule has 0 spiro atoms. The first-order valence-corrected chi connectivity index (χ1v) is 20.5. The molecule has 0 saturated heterocycles. The summed E-state index contributed by atoms with van der Waals surface area (Å²) in [7, 11) is 0. The van der Waals surface area contributed by atoms with Gasteiger partial charge in [-0.2, -0.15) is 0 Å². The molecule has 2 aliphatic heterocycles. The minimum Gasteiger partial charge on any atom is -0.375 e. The topological polar surface area (TPSA) is 14.8 Å². The van der Waals surface area contributed by atoms with Gasteiger partial charge in [0.05, 0.1) is 22.1 Å². The molecule has 13 rings (SSSR count). The molecule has 3 aromatic heterocycles. The summed E-state index contributed by atoms with van der Waals surface area (Å²) in [5.74, 6) is 0. The molecule has 3 nitrogen and oxygen atoms in total. The van der Waals surface area contributed by atoms with Gasteiger partial charge in [0.15, 0.2) is 0 Å². The Morgan fingerprint density at radius 3 is 1.76 bits per heavy atom. The molecule has 0 amide bonds. The van der Waals surface area contributed by atoms with Crippen LogP contribution in [0.15, 0.2) is 158 Å². The second kappa shape index (κ2) is 11.3. The van der Waals surface area contributed by atoms with Gasteiger partial charge in [-0.3, -0.25) is 0 Å². The van der Waals surface area contributed by atoms with Gasteiger partial charge in [0.1, 0.15) is 0 Å². The Labute approximate surface area is 337 Å². The van der Waals surface area contributed by atoms with Gasteiger partial charge in [-0.15, -0.1) is 0 Å².